The van der Waals surface area contributed by atoms with Crippen molar-refractivity contribution in [2.45, 2.75) is 26.7 Å². The summed E-state index contributed by atoms with van der Waals surface area (Å²) >= 11 is 12.4. The van der Waals surface area contributed by atoms with Crippen LogP contribution in [0.2, 0.25) is 10.0 Å². The van der Waals surface area contributed by atoms with E-state index in [9.17, 15) is 4.79 Å². The summed E-state index contributed by atoms with van der Waals surface area (Å²) in [6, 6.07) is 11.1. The number of amides is 1. The molecule has 0 saturated heterocycles. The molecule has 3 aromatic rings. The lowest BCUT2D eigenvalue weighted by atomic mass is 10.0. The molecule has 3 rings (SSSR count). The molecule has 0 radical (unpaired) electrons. The van der Waals surface area contributed by atoms with Crippen molar-refractivity contribution in [1.29, 1.82) is 0 Å². The molecule has 28 heavy (non-hydrogen) atoms. The zero-order valence-electron chi connectivity index (χ0n) is 16.2. The molecule has 7 heteroatoms. The molecule has 0 aliphatic heterocycles. The third kappa shape index (κ3) is 4.10. The first-order chi connectivity index (χ1) is 13.5. The lowest BCUT2D eigenvalue weighted by Crippen LogP contribution is -2.35. The smallest absolute Gasteiger partial charge is 0.391 e. The van der Waals surface area contributed by atoms with Crippen LogP contribution in [0.1, 0.15) is 26.7 Å². The topological polar surface area (TPSA) is 47.4 Å². The highest BCUT2D eigenvalue weighted by atomic mass is 35.5. The number of hydrogen-bond acceptors (Lipinski definition) is 3. The molecule has 1 aromatic heterocycles. The fourth-order valence-corrected chi connectivity index (χ4v) is 3.73. The Morgan fingerprint density at radius 2 is 1.82 bits per heavy atom. The van der Waals surface area contributed by atoms with Gasteiger partial charge in [-0.25, -0.2) is 9.48 Å². The van der Waals surface area contributed by atoms with E-state index in [4.69, 9.17) is 27.9 Å². The summed E-state index contributed by atoms with van der Waals surface area (Å²) in [5, 5.41) is 6.46. The van der Waals surface area contributed by atoms with Gasteiger partial charge in [-0.15, -0.1) is 0 Å². The normalized spacial score (nSPS) is 11.0. The van der Waals surface area contributed by atoms with Crippen molar-refractivity contribution in [2.75, 3.05) is 13.1 Å². The number of rotatable bonds is 6. The van der Waals surface area contributed by atoms with Gasteiger partial charge in [-0.05, 0) is 31.0 Å². The van der Waals surface area contributed by atoms with Crippen LogP contribution in [0.15, 0.2) is 36.4 Å². The Hall–Kier alpha value is -2.24. The molecule has 0 aliphatic rings. The summed E-state index contributed by atoms with van der Waals surface area (Å²) in [6.07, 6.45) is 1.39. The monoisotopic (exact) mass is 419 g/mol. The summed E-state index contributed by atoms with van der Waals surface area (Å²) in [6.45, 7) is 5.40. The van der Waals surface area contributed by atoms with Crippen molar-refractivity contribution in [2.24, 2.45) is 7.05 Å². The van der Waals surface area contributed by atoms with E-state index >= 15 is 0 Å². The van der Waals surface area contributed by atoms with Crippen LogP contribution in [0.4, 0.5) is 4.79 Å². The van der Waals surface area contributed by atoms with Gasteiger partial charge in [-0.2, -0.15) is 5.10 Å². The lowest BCUT2D eigenvalue weighted by molar-refractivity contribution is 0.149. The summed E-state index contributed by atoms with van der Waals surface area (Å²) in [7, 11) is 1.76. The maximum absolute atomic E-state index is 12.7. The second-order valence-corrected chi connectivity index (χ2v) is 7.45. The van der Waals surface area contributed by atoms with E-state index in [0.29, 0.717) is 29.0 Å². The molecule has 148 valence electrons. The number of fused-ring (bicyclic) bond motifs is 1. The molecule has 0 N–H and O–H groups in total. The van der Waals surface area contributed by atoms with Crippen molar-refractivity contribution >= 4 is 40.2 Å². The van der Waals surface area contributed by atoms with Gasteiger partial charge in [0.05, 0.1) is 5.39 Å². The van der Waals surface area contributed by atoms with Gasteiger partial charge in [-0.3, -0.25) is 0 Å². The summed E-state index contributed by atoms with van der Waals surface area (Å²) in [4.78, 5) is 14.4. The Bertz CT molecular complexity index is 995. The largest absolute Gasteiger partial charge is 0.416 e. The summed E-state index contributed by atoms with van der Waals surface area (Å²) in [5.41, 5.74) is 2.40. The molecular weight excluding hydrogens is 397 g/mol. The Labute approximate surface area is 174 Å². The molecular formula is C21H23Cl2N3O2. The molecule has 0 bridgehead atoms. The van der Waals surface area contributed by atoms with Gasteiger partial charge in [0.1, 0.15) is 5.52 Å². The highest BCUT2D eigenvalue weighted by Crippen LogP contribution is 2.37. The molecule has 2 aromatic carbocycles. The van der Waals surface area contributed by atoms with E-state index in [1.807, 2.05) is 38.1 Å². The van der Waals surface area contributed by atoms with E-state index in [0.717, 1.165) is 34.9 Å². The molecule has 0 spiro atoms. The number of carbonyl (C=O) groups is 1. The van der Waals surface area contributed by atoms with Crippen LogP contribution in [0.3, 0.4) is 0 Å². The average Bonchev–Trinajstić information content (AvgIpc) is 2.97. The number of ether oxygens (including phenoxy) is 1. The zero-order chi connectivity index (χ0) is 20.3. The molecule has 0 aliphatic carbocycles. The summed E-state index contributed by atoms with van der Waals surface area (Å²) < 4.78 is 7.33. The van der Waals surface area contributed by atoms with E-state index < -0.39 is 0 Å². The number of hydrogen-bond donors (Lipinski definition) is 0. The van der Waals surface area contributed by atoms with Crippen molar-refractivity contribution in [3.8, 4) is 17.0 Å². The standard InChI is InChI=1S/C21H23Cl2N3O2/c1-4-11-26(12-5-2)21(27)28-20-17-8-6-7-16(19(17)24-25(20)3)15-10-9-14(22)13-18(15)23/h6-10,13H,4-5,11-12H2,1-3H3. The van der Waals surface area contributed by atoms with Crippen molar-refractivity contribution in [1.82, 2.24) is 14.7 Å². The minimum absolute atomic E-state index is 0.358. The summed E-state index contributed by atoms with van der Waals surface area (Å²) in [5.74, 6) is 0.421. The maximum Gasteiger partial charge on any atom is 0.416 e. The molecule has 0 unspecified atom stereocenters. The van der Waals surface area contributed by atoms with Gasteiger partial charge in [0.15, 0.2) is 0 Å². The maximum atomic E-state index is 12.7. The SMILES string of the molecule is CCCN(CCC)C(=O)Oc1c2cccc(-c3ccc(Cl)cc3Cl)c2nn1C. The van der Waals surface area contributed by atoms with Gasteiger partial charge in [0.25, 0.3) is 0 Å². The van der Waals surface area contributed by atoms with Crippen LogP contribution in [0.5, 0.6) is 5.88 Å². The predicted molar refractivity (Wildman–Crippen MR) is 114 cm³/mol. The number of aryl methyl sites for hydroxylation is 1. The first kappa shape index (κ1) is 20.5. The van der Waals surface area contributed by atoms with Gasteiger partial charge in [-0.1, -0.05) is 55.2 Å². The third-order valence-corrected chi connectivity index (χ3v) is 5.01. The first-order valence-corrected chi connectivity index (χ1v) is 10.1. The predicted octanol–water partition coefficient (Wildman–Crippen LogP) is 6.17. The van der Waals surface area contributed by atoms with E-state index in [1.54, 1.807) is 28.8 Å². The minimum atomic E-state index is -0.358. The minimum Gasteiger partial charge on any atom is -0.391 e. The second kappa shape index (κ2) is 8.84. The number of aromatic nitrogens is 2. The van der Waals surface area contributed by atoms with Crippen LogP contribution in [-0.4, -0.2) is 33.9 Å². The second-order valence-electron chi connectivity index (χ2n) is 6.61. The fourth-order valence-electron chi connectivity index (χ4n) is 3.22. The van der Waals surface area contributed by atoms with Crippen molar-refractivity contribution in [3.05, 3.63) is 46.4 Å². The van der Waals surface area contributed by atoms with Crippen LogP contribution in [-0.2, 0) is 7.05 Å². The number of benzene rings is 2. The highest BCUT2D eigenvalue weighted by molar-refractivity contribution is 6.36. The number of carbonyl (C=O) groups excluding carboxylic acids is 1. The fraction of sp³-hybridized carbons (Fsp3) is 0.333. The van der Waals surface area contributed by atoms with Crippen LogP contribution in [0.25, 0.3) is 22.0 Å². The number of halogens is 2. The van der Waals surface area contributed by atoms with Crippen molar-refractivity contribution in [3.63, 3.8) is 0 Å². The molecule has 0 atom stereocenters. The third-order valence-electron chi connectivity index (χ3n) is 4.46. The van der Waals surface area contributed by atoms with Gasteiger partial charge in [0.2, 0.25) is 5.88 Å². The lowest BCUT2D eigenvalue weighted by Gasteiger charge is -2.20. The highest BCUT2D eigenvalue weighted by Gasteiger charge is 2.21. The molecule has 0 saturated carbocycles. The molecule has 1 heterocycles. The Morgan fingerprint density at radius 1 is 1.11 bits per heavy atom. The van der Waals surface area contributed by atoms with Gasteiger partial charge in [0, 0.05) is 41.3 Å². The van der Waals surface area contributed by atoms with Gasteiger partial charge >= 0.3 is 6.09 Å². The Balaban J connectivity index is 2.02. The van der Waals surface area contributed by atoms with Crippen LogP contribution in [0, 0.1) is 0 Å². The zero-order valence-corrected chi connectivity index (χ0v) is 17.7. The Kier molecular flexibility index (Phi) is 6.47. The quantitative estimate of drug-likeness (QED) is 0.479. The van der Waals surface area contributed by atoms with Crippen LogP contribution < -0.4 is 4.74 Å². The van der Waals surface area contributed by atoms with Crippen molar-refractivity contribution < 1.29 is 9.53 Å². The molecule has 1 amide bonds. The van der Waals surface area contributed by atoms with Gasteiger partial charge < -0.3 is 9.64 Å². The van der Waals surface area contributed by atoms with E-state index in [-0.39, 0.29) is 6.09 Å². The molecule has 0 fully saturated rings. The van der Waals surface area contributed by atoms with E-state index in [2.05, 4.69) is 5.10 Å². The van der Waals surface area contributed by atoms with Crippen LogP contribution >= 0.6 is 23.2 Å². The first-order valence-electron chi connectivity index (χ1n) is 9.34. The Morgan fingerprint density at radius 3 is 2.46 bits per heavy atom. The van der Waals surface area contributed by atoms with E-state index in [1.165, 1.54) is 0 Å². The molecule has 5 nitrogen and oxygen atoms in total. The average molecular weight is 420 g/mol. The number of nitrogens with zero attached hydrogens (tertiary/aromatic N) is 3.